The number of carbonyl (C=O) groups is 1. The number of carbonyl (C=O) groups excluding carboxylic acids is 1. The van der Waals surface area contributed by atoms with Crippen LogP contribution in [-0.2, 0) is 4.79 Å². The molecule has 0 radical (unpaired) electrons. The summed E-state index contributed by atoms with van der Waals surface area (Å²) in [5.74, 6) is 0.118. The van der Waals surface area contributed by atoms with E-state index in [1.807, 2.05) is 12.1 Å². The van der Waals surface area contributed by atoms with E-state index in [0.29, 0.717) is 32.0 Å². The van der Waals surface area contributed by atoms with Crippen molar-refractivity contribution in [3.8, 4) is 0 Å². The van der Waals surface area contributed by atoms with Gasteiger partial charge in [0, 0.05) is 15.6 Å². The zero-order valence-electron chi connectivity index (χ0n) is 11.1. The fourth-order valence-electron chi connectivity index (χ4n) is 2.02. The van der Waals surface area contributed by atoms with Crippen LogP contribution in [0.5, 0.6) is 0 Å². The van der Waals surface area contributed by atoms with E-state index in [-0.39, 0.29) is 11.6 Å². The van der Waals surface area contributed by atoms with Crippen molar-refractivity contribution in [2.45, 2.75) is 0 Å². The number of halogens is 3. The van der Waals surface area contributed by atoms with E-state index in [9.17, 15) is 4.79 Å². The van der Waals surface area contributed by atoms with Crippen LogP contribution >= 0.6 is 34.8 Å². The van der Waals surface area contributed by atoms with Crippen LogP contribution in [0.15, 0.2) is 53.2 Å². The maximum atomic E-state index is 12.0. The first-order valence-corrected chi connectivity index (χ1v) is 7.49. The number of rotatable bonds is 2. The maximum Gasteiger partial charge on any atom is 0.275 e. The number of benzene rings is 2. The predicted molar refractivity (Wildman–Crippen MR) is 90.6 cm³/mol. The molecule has 6 heteroatoms. The molecular weight excluding hydrogens is 343 g/mol. The molecule has 0 spiro atoms. The van der Waals surface area contributed by atoms with Gasteiger partial charge in [0.05, 0.1) is 5.02 Å². The highest BCUT2D eigenvalue weighted by molar-refractivity contribution is 6.36. The number of amides is 1. The van der Waals surface area contributed by atoms with E-state index in [0.717, 1.165) is 0 Å². The van der Waals surface area contributed by atoms with E-state index in [2.05, 4.69) is 10.3 Å². The minimum Gasteiger partial charge on any atom is -0.305 e. The van der Waals surface area contributed by atoms with Gasteiger partial charge in [0.2, 0.25) is 0 Å². The van der Waals surface area contributed by atoms with E-state index in [4.69, 9.17) is 34.8 Å². The van der Waals surface area contributed by atoms with Crippen molar-refractivity contribution in [2.75, 3.05) is 0 Å². The van der Waals surface area contributed by atoms with Gasteiger partial charge in [-0.25, -0.2) is 4.99 Å². The number of hydrogen-bond acceptors (Lipinski definition) is 2. The number of nitrogens with one attached hydrogen (secondary N) is 1. The average Bonchev–Trinajstić information content (AvgIpc) is 2.83. The molecule has 1 N–H and O–H groups in total. The Hall–Kier alpha value is -1.81. The third kappa shape index (κ3) is 3.02. The second-order valence-electron chi connectivity index (χ2n) is 4.59. The number of amidine groups is 1. The summed E-state index contributed by atoms with van der Waals surface area (Å²) in [6.45, 7) is 0. The van der Waals surface area contributed by atoms with E-state index in [1.54, 1.807) is 36.4 Å². The molecule has 110 valence electrons. The smallest absolute Gasteiger partial charge is 0.275 e. The summed E-state index contributed by atoms with van der Waals surface area (Å²) < 4.78 is 0. The van der Waals surface area contributed by atoms with Crippen LogP contribution in [-0.4, -0.2) is 11.7 Å². The highest BCUT2D eigenvalue weighted by Gasteiger charge is 2.22. The molecule has 0 aromatic heterocycles. The van der Waals surface area contributed by atoms with E-state index < -0.39 is 0 Å². The van der Waals surface area contributed by atoms with Crippen molar-refractivity contribution >= 4 is 52.6 Å². The molecule has 0 saturated heterocycles. The molecule has 0 atom stereocenters. The quantitative estimate of drug-likeness (QED) is 0.792. The predicted octanol–water partition coefficient (Wildman–Crippen LogP) is 4.56. The Morgan fingerprint density at radius 3 is 2.50 bits per heavy atom. The molecule has 1 aliphatic heterocycles. The van der Waals surface area contributed by atoms with Crippen LogP contribution in [0.1, 0.15) is 11.1 Å². The number of hydrogen-bond donors (Lipinski definition) is 1. The molecular formula is C16H9Cl3N2O. The van der Waals surface area contributed by atoms with Crippen LogP contribution in [0.3, 0.4) is 0 Å². The Balaban J connectivity index is 2.00. The summed E-state index contributed by atoms with van der Waals surface area (Å²) in [5.41, 5.74) is 1.60. The third-order valence-corrected chi connectivity index (χ3v) is 3.97. The van der Waals surface area contributed by atoms with Crippen molar-refractivity contribution in [3.63, 3.8) is 0 Å². The first-order chi connectivity index (χ1) is 10.5. The Bertz CT molecular complexity index is 828. The molecule has 1 amide bonds. The fourth-order valence-corrected chi connectivity index (χ4v) is 2.70. The fraction of sp³-hybridized carbons (Fsp3) is 0. The van der Waals surface area contributed by atoms with Crippen LogP contribution in [0, 0.1) is 0 Å². The second kappa shape index (κ2) is 6.13. The Labute approximate surface area is 142 Å². The first kappa shape index (κ1) is 15.1. The molecule has 0 saturated carbocycles. The van der Waals surface area contributed by atoms with Crippen molar-refractivity contribution in [1.82, 2.24) is 5.32 Å². The van der Waals surface area contributed by atoms with Gasteiger partial charge in [0.1, 0.15) is 11.5 Å². The van der Waals surface area contributed by atoms with Gasteiger partial charge < -0.3 is 5.32 Å². The standard InChI is InChI=1S/C16H9Cl3N2O/c17-10-6-5-9(13(19)8-10)7-14-16(22)21-15(20-14)11-3-1-2-4-12(11)18/h1-8H,(H,20,21,22)/b14-7-. The molecule has 0 aliphatic carbocycles. The first-order valence-electron chi connectivity index (χ1n) is 6.36. The van der Waals surface area contributed by atoms with Crippen LogP contribution in [0.4, 0.5) is 0 Å². The number of aliphatic imine (C=N–C) groups is 1. The summed E-state index contributed by atoms with van der Waals surface area (Å²) in [6, 6.07) is 12.2. The highest BCUT2D eigenvalue weighted by Crippen LogP contribution is 2.25. The second-order valence-corrected chi connectivity index (χ2v) is 5.84. The monoisotopic (exact) mass is 350 g/mol. The Morgan fingerprint density at radius 1 is 1.00 bits per heavy atom. The average molecular weight is 352 g/mol. The van der Waals surface area contributed by atoms with Gasteiger partial charge in [-0.3, -0.25) is 4.79 Å². The molecule has 1 heterocycles. The summed E-state index contributed by atoms with van der Waals surface area (Å²) in [7, 11) is 0. The molecule has 0 fully saturated rings. The normalized spacial score (nSPS) is 15.9. The zero-order chi connectivity index (χ0) is 15.7. The van der Waals surface area contributed by atoms with Gasteiger partial charge >= 0.3 is 0 Å². The van der Waals surface area contributed by atoms with Crippen molar-refractivity contribution in [3.05, 3.63) is 74.4 Å². The largest absolute Gasteiger partial charge is 0.305 e. The lowest BCUT2D eigenvalue weighted by atomic mass is 10.2. The van der Waals surface area contributed by atoms with E-state index >= 15 is 0 Å². The van der Waals surface area contributed by atoms with Gasteiger partial charge in [-0.2, -0.15) is 0 Å². The minimum atomic E-state index is -0.305. The molecule has 2 aromatic rings. The molecule has 3 nitrogen and oxygen atoms in total. The Morgan fingerprint density at radius 2 is 1.77 bits per heavy atom. The van der Waals surface area contributed by atoms with Gasteiger partial charge in [0.15, 0.2) is 0 Å². The lowest BCUT2D eigenvalue weighted by Crippen LogP contribution is -2.24. The van der Waals surface area contributed by atoms with Crippen molar-refractivity contribution in [1.29, 1.82) is 0 Å². The van der Waals surface area contributed by atoms with Crippen molar-refractivity contribution in [2.24, 2.45) is 4.99 Å². The zero-order valence-corrected chi connectivity index (χ0v) is 13.4. The van der Waals surface area contributed by atoms with Gasteiger partial charge in [-0.05, 0) is 35.9 Å². The lowest BCUT2D eigenvalue weighted by molar-refractivity contribution is -0.115. The molecule has 0 bridgehead atoms. The summed E-state index contributed by atoms with van der Waals surface area (Å²) in [5, 5.41) is 4.21. The lowest BCUT2D eigenvalue weighted by Gasteiger charge is -2.01. The molecule has 22 heavy (non-hydrogen) atoms. The maximum absolute atomic E-state index is 12.0. The van der Waals surface area contributed by atoms with Gasteiger partial charge in [-0.1, -0.05) is 53.0 Å². The van der Waals surface area contributed by atoms with E-state index in [1.165, 1.54) is 0 Å². The molecule has 2 aromatic carbocycles. The number of nitrogens with zero attached hydrogens (tertiary/aromatic N) is 1. The van der Waals surface area contributed by atoms with Crippen LogP contribution in [0.25, 0.3) is 6.08 Å². The topological polar surface area (TPSA) is 41.5 Å². The van der Waals surface area contributed by atoms with Crippen LogP contribution < -0.4 is 5.32 Å². The van der Waals surface area contributed by atoms with Gasteiger partial charge in [0.25, 0.3) is 5.91 Å². The highest BCUT2D eigenvalue weighted by atomic mass is 35.5. The molecule has 0 unspecified atom stereocenters. The summed E-state index contributed by atoms with van der Waals surface area (Å²) >= 11 is 18.1. The summed E-state index contributed by atoms with van der Waals surface area (Å²) in [6.07, 6.45) is 1.61. The van der Waals surface area contributed by atoms with Gasteiger partial charge in [-0.15, -0.1) is 0 Å². The summed E-state index contributed by atoms with van der Waals surface area (Å²) in [4.78, 5) is 16.3. The third-order valence-electron chi connectivity index (χ3n) is 3.08. The SMILES string of the molecule is O=C1NC(c2ccccc2Cl)=N/C1=C\c1ccc(Cl)cc1Cl. The Kier molecular flexibility index (Phi) is 4.21. The van der Waals surface area contributed by atoms with Crippen LogP contribution in [0.2, 0.25) is 15.1 Å². The molecule has 3 rings (SSSR count). The van der Waals surface area contributed by atoms with Crippen molar-refractivity contribution < 1.29 is 4.79 Å². The molecule has 1 aliphatic rings. The minimum absolute atomic E-state index is 0.263.